The number of likely N-dealkylation sites (N-methyl/N-ethyl adjacent to an activating group) is 2. The van der Waals surface area contributed by atoms with Gasteiger partial charge in [0.1, 0.15) is 0 Å². The second-order valence-electron chi connectivity index (χ2n) is 6.35. The van der Waals surface area contributed by atoms with Gasteiger partial charge in [-0.05, 0) is 55.6 Å². The molecule has 2 heteroatoms. The van der Waals surface area contributed by atoms with Gasteiger partial charge in [-0.15, -0.1) is 0 Å². The average molecular weight is 198 g/mol. The molecule has 2 nitrogen and oxygen atoms in total. The maximum atomic E-state index is 2.51. The molecule has 1 aliphatic rings. The van der Waals surface area contributed by atoms with Gasteiger partial charge in [-0.25, -0.2) is 0 Å². The lowest BCUT2D eigenvalue weighted by Gasteiger charge is -2.63. The summed E-state index contributed by atoms with van der Waals surface area (Å²) in [7, 11) is 4.48. The zero-order valence-corrected chi connectivity index (χ0v) is 11.1. The molecular formula is C12H26N2. The SMILES string of the molecule is CN1CC(C)(C)N(C)C(C)(C)C1(C)C. The topological polar surface area (TPSA) is 6.48 Å². The molecule has 0 saturated carbocycles. The molecule has 1 heterocycles. The Labute approximate surface area is 89.3 Å². The fraction of sp³-hybridized carbons (Fsp3) is 1.00. The van der Waals surface area contributed by atoms with E-state index in [1.807, 2.05) is 0 Å². The standard InChI is InChI=1S/C12H26N2/c1-10(2)9-13(7)11(3,4)12(5,6)14(10)8/h9H2,1-8H3. The quantitative estimate of drug-likeness (QED) is 0.589. The fourth-order valence-electron chi connectivity index (χ4n) is 2.52. The maximum absolute atomic E-state index is 2.51. The van der Waals surface area contributed by atoms with Gasteiger partial charge in [0.2, 0.25) is 0 Å². The molecule has 14 heavy (non-hydrogen) atoms. The number of rotatable bonds is 0. The van der Waals surface area contributed by atoms with E-state index in [0.717, 1.165) is 6.54 Å². The zero-order chi connectivity index (χ0) is 11.4. The Bertz CT molecular complexity index is 228. The smallest absolute Gasteiger partial charge is 0.0334 e. The molecule has 1 rings (SSSR count). The van der Waals surface area contributed by atoms with Crippen molar-refractivity contribution in [1.29, 1.82) is 0 Å². The summed E-state index contributed by atoms with van der Waals surface area (Å²) < 4.78 is 0. The zero-order valence-electron chi connectivity index (χ0n) is 11.1. The predicted octanol–water partition coefficient (Wildman–Crippen LogP) is 2.20. The Hall–Kier alpha value is -0.0800. The van der Waals surface area contributed by atoms with Crippen LogP contribution in [-0.2, 0) is 0 Å². The highest BCUT2D eigenvalue weighted by atomic mass is 15.4. The summed E-state index contributed by atoms with van der Waals surface area (Å²) in [6.07, 6.45) is 0. The van der Waals surface area contributed by atoms with Crippen LogP contribution in [0.4, 0.5) is 0 Å². The molecule has 0 aromatic heterocycles. The van der Waals surface area contributed by atoms with E-state index in [1.54, 1.807) is 0 Å². The molecule has 0 unspecified atom stereocenters. The minimum absolute atomic E-state index is 0.198. The Kier molecular flexibility index (Phi) is 2.53. The molecule has 1 saturated heterocycles. The first kappa shape index (κ1) is 12.0. The van der Waals surface area contributed by atoms with Crippen molar-refractivity contribution in [3.05, 3.63) is 0 Å². The van der Waals surface area contributed by atoms with E-state index in [0.29, 0.717) is 0 Å². The van der Waals surface area contributed by atoms with Crippen LogP contribution >= 0.6 is 0 Å². The Morgan fingerprint density at radius 1 is 0.786 bits per heavy atom. The molecule has 0 aliphatic carbocycles. The molecule has 0 aromatic carbocycles. The first-order valence-corrected chi connectivity index (χ1v) is 5.49. The molecule has 0 N–H and O–H groups in total. The summed E-state index contributed by atoms with van der Waals surface area (Å²) in [5, 5.41) is 0. The largest absolute Gasteiger partial charge is 0.298 e. The molecule has 0 spiro atoms. The van der Waals surface area contributed by atoms with Crippen LogP contribution in [0.25, 0.3) is 0 Å². The van der Waals surface area contributed by atoms with Crippen LogP contribution in [0.5, 0.6) is 0 Å². The van der Waals surface area contributed by atoms with Crippen LogP contribution in [-0.4, -0.2) is 47.1 Å². The lowest BCUT2D eigenvalue weighted by atomic mass is 9.74. The van der Waals surface area contributed by atoms with Gasteiger partial charge in [0, 0.05) is 23.2 Å². The molecule has 0 bridgehead atoms. The van der Waals surface area contributed by atoms with Crippen molar-refractivity contribution >= 4 is 0 Å². The van der Waals surface area contributed by atoms with Crippen LogP contribution in [0.15, 0.2) is 0 Å². The molecule has 0 aromatic rings. The number of nitrogens with zero attached hydrogens (tertiary/aromatic N) is 2. The van der Waals surface area contributed by atoms with Crippen molar-refractivity contribution in [2.45, 2.75) is 58.2 Å². The Morgan fingerprint density at radius 3 is 1.64 bits per heavy atom. The maximum Gasteiger partial charge on any atom is 0.0334 e. The van der Waals surface area contributed by atoms with Crippen molar-refractivity contribution < 1.29 is 0 Å². The lowest BCUT2D eigenvalue weighted by molar-refractivity contribution is -0.122. The summed E-state index contributed by atoms with van der Waals surface area (Å²) in [6.45, 7) is 15.1. The highest BCUT2D eigenvalue weighted by molar-refractivity contribution is 5.10. The van der Waals surface area contributed by atoms with Gasteiger partial charge < -0.3 is 0 Å². The van der Waals surface area contributed by atoms with E-state index in [2.05, 4.69) is 65.4 Å². The molecule has 1 aliphatic heterocycles. The monoisotopic (exact) mass is 198 g/mol. The summed E-state index contributed by atoms with van der Waals surface area (Å²) >= 11 is 0. The summed E-state index contributed by atoms with van der Waals surface area (Å²) in [4.78, 5) is 4.99. The van der Waals surface area contributed by atoms with Crippen LogP contribution < -0.4 is 0 Å². The van der Waals surface area contributed by atoms with Gasteiger partial charge in [-0.1, -0.05) is 0 Å². The van der Waals surface area contributed by atoms with Gasteiger partial charge in [0.25, 0.3) is 0 Å². The first-order chi connectivity index (χ1) is 6.03. The van der Waals surface area contributed by atoms with Crippen molar-refractivity contribution in [1.82, 2.24) is 9.80 Å². The Balaban J connectivity index is 3.12. The fourth-order valence-corrected chi connectivity index (χ4v) is 2.52. The van der Waals surface area contributed by atoms with Crippen molar-refractivity contribution in [3.8, 4) is 0 Å². The lowest BCUT2D eigenvalue weighted by Crippen LogP contribution is -2.75. The number of hydrogen-bond acceptors (Lipinski definition) is 2. The van der Waals surface area contributed by atoms with Crippen LogP contribution in [0.2, 0.25) is 0 Å². The molecular weight excluding hydrogens is 172 g/mol. The average Bonchev–Trinajstić information content (AvgIpc) is 1.99. The third-order valence-electron chi connectivity index (χ3n) is 4.82. The summed E-state index contributed by atoms with van der Waals surface area (Å²) in [5.41, 5.74) is 0.675. The van der Waals surface area contributed by atoms with Gasteiger partial charge in [0.15, 0.2) is 0 Å². The van der Waals surface area contributed by atoms with Crippen molar-refractivity contribution in [2.24, 2.45) is 0 Å². The predicted molar refractivity (Wildman–Crippen MR) is 62.6 cm³/mol. The van der Waals surface area contributed by atoms with Gasteiger partial charge >= 0.3 is 0 Å². The minimum Gasteiger partial charge on any atom is -0.298 e. The van der Waals surface area contributed by atoms with Crippen LogP contribution in [0.1, 0.15) is 41.5 Å². The van der Waals surface area contributed by atoms with E-state index >= 15 is 0 Å². The third-order valence-corrected chi connectivity index (χ3v) is 4.82. The summed E-state index contributed by atoms with van der Waals surface area (Å²) in [5.74, 6) is 0. The summed E-state index contributed by atoms with van der Waals surface area (Å²) in [6, 6.07) is 0. The van der Waals surface area contributed by atoms with Gasteiger partial charge in [-0.3, -0.25) is 9.80 Å². The first-order valence-electron chi connectivity index (χ1n) is 5.49. The third kappa shape index (κ3) is 1.40. The van der Waals surface area contributed by atoms with E-state index in [1.165, 1.54) is 0 Å². The molecule has 0 atom stereocenters. The van der Waals surface area contributed by atoms with E-state index < -0.39 is 0 Å². The molecule has 0 radical (unpaired) electrons. The molecule has 0 amide bonds. The van der Waals surface area contributed by atoms with Crippen molar-refractivity contribution in [3.63, 3.8) is 0 Å². The second kappa shape index (κ2) is 2.96. The molecule has 84 valence electrons. The highest BCUT2D eigenvalue weighted by Crippen LogP contribution is 2.40. The number of piperazine rings is 1. The van der Waals surface area contributed by atoms with E-state index in [-0.39, 0.29) is 16.6 Å². The van der Waals surface area contributed by atoms with E-state index in [4.69, 9.17) is 0 Å². The van der Waals surface area contributed by atoms with Gasteiger partial charge in [-0.2, -0.15) is 0 Å². The van der Waals surface area contributed by atoms with E-state index in [9.17, 15) is 0 Å². The van der Waals surface area contributed by atoms with Crippen LogP contribution in [0.3, 0.4) is 0 Å². The second-order valence-corrected chi connectivity index (χ2v) is 6.35. The number of hydrogen-bond donors (Lipinski definition) is 0. The van der Waals surface area contributed by atoms with Crippen LogP contribution in [0, 0.1) is 0 Å². The Morgan fingerprint density at radius 2 is 1.21 bits per heavy atom. The minimum atomic E-state index is 0.198. The highest BCUT2D eigenvalue weighted by Gasteiger charge is 2.52. The molecule has 1 fully saturated rings. The normalized spacial score (nSPS) is 31.7. The van der Waals surface area contributed by atoms with Gasteiger partial charge in [0.05, 0.1) is 0 Å². The van der Waals surface area contributed by atoms with Crippen molar-refractivity contribution in [2.75, 3.05) is 20.6 Å².